The Labute approximate surface area is 143 Å². The summed E-state index contributed by atoms with van der Waals surface area (Å²) in [4.78, 5) is 27.7. The number of anilines is 2. The minimum Gasteiger partial charge on any atom is -0.341 e. The normalized spacial score (nSPS) is 10.7. The average molecular weight is 329 g/mol. The molecule has 4 aromatic rings. The number of nitrogens with one attached hydrogen (secondary N) is 2. The number of rotatable bonds is 3. The molecule has 0 aliphatic carbocycles. The highest BCUT2D eigenvalue weighted by Crippen LogP contribution is 2.23. The molecular weight excluding hydrogens is 314 g/mol. The van der Waals surface area contributed by atoms with Crippen LogP contribution in [0.15, 0.2) is 88.6 Å². The van der Waals surface area contributed by atoms with E-state index < -0.39 is 0 Å². The van der Waals surface area contributed by atoms with E-state index in [-0.39, 0.29) is 11.0 Å². The molecule has 0 bridgehead atoms. The lowest BCUT2D eigenvalue weighted by molar-refractivity contribution is 1.08. The summed E-state index contributed by atoms with van der Waals surface area (Å²) in [6.07, 6.45) is 1.49. The highest BCUT2D eigenvalue weighted by Gasteiger charge is 2.13. The Bertz CT molecular complexity index is 1150. The lowest BCUT2D eigenvalue weighted by Crippen LogP contribution is -2.19. The van der Waals surface area contributed by atoms with Crippen molar-refractivity contribution in [2.75, 3.05) is 5.32 Å². The monoisotopic (exact) mass is 329 g/mol. The van der Waals surface area contributed by atoms with Crippen LogP contribution in [0.25, 0.3) is 16.6 Å². The Kier molecular flexibility index (Phi) is 3.67. The Balaban J connectivity index is 2.07. The summed E-state index contributed by atoms with van der Waals surface area (Å²) in [5.74, 6) is 0.534. The Morgan fingerprint density at radius 3 is 2.24 bits per heavy atom. The number of aromatic nitrogens is 2. The van der Waals surface area contributed by atoms with Crippen LogP contribution in [0.1, 0.15) is 0 Å². The largest absolute Gasteiger partial charge is 0.341 e. The van der Waals surface area contributed by atoms with E-state index in [0.717, 1.165) is 11.4 Å². The van der Waals surface area contributed by atoms with Crippen molar-refractivity contribution in [3.8, 4) is 5.69 Å². The van der Waals surface area contributed by atoms with Crippen LogP contribution in [-0.4, -0.2) is 9.55 Å². The maximum absolute atomic E-state index is 12.5. The lowest BCUT2D eigenvalue weighted by Gasteiger charge is -2.17. The molecular formula is C20H15N3O2. The van der Waals surface area contributed by atoms with Crippen molar-refractivity contribution in [2.45, 2.75) is 0 Å². The zero-order chi connectivity index (χ0) is 17.2. The summed E-state index contributed by atoms with van der Waals surface area (Å²) in [5.41, 5.74) is 1.43. The minimum atomic E-state index is -0.310. The van der Waals surface area contributed by atoms with E-state index in [1.165, 1.54) is 12.3 Å². The van der Waals surface area contributed by atoms with Gasteiger partial charge in [-0.1, -0.05) is 36.4 Å². The van der Waals surface area contributed by atoms with Gasteiger partial charge >= 0.3 is 0 Å². The molecule has 2 aromatic heterocycles. The molecule has 0 spiro atoms. The molecule has 0 saturated heterocycles. The van der Waals surface area contributed by atoms with Gasteiger partial charge < -0.3 is 10.3 Å². The smallest absolute Gasteiger partial charge is 0.273 e. The number of aromatic amines is 1. The molecule has 0 aliphatic heterocycles. The maximum Gasteiger partial charge on any atom is 0.273 e. The van der Waals surface area contributed by atoms with Crippen molar-refractivity contribution in [2.24, 2.45) is 0 Å². The summed E-state index contributed by atoms with van der Waals surface area (Å²) >= 11 is 0. The standard InChI is InChI=1S/C20H15N3O2/c24-17-13-18(22-14-7-3-1-4-8-14)23(15-9-5-2-6-10-15)19-16(17)11-12-21-20(19)25/h1-13,22H,(H,21,25). The van der Waals surface area contributed by atoms with Gasteiger partial charge in [-0.15, -0.1) is 0 Å². The second-order valence-corrected chi connectivity index (χ2v) is 5.62. The van der Waals surface area contributed by atoms with Gasteiger partial charge in [-0.05, 0) is 30.3 Å². The Hall–Kier alpha value is -3.60. The van der Waals surface area contributed by atoms with Gasteiger partial charge in [-0.3, -0.25) is 14.2 Å². The number of nitrogens with zero attached hydrogens (tertiary/aromatic N) is 1. The highest BCUT2D eigenvalue weighted by molar-refractivity contribution is 5.83. The first-order valence-corrected chi connectivity index (χ1v) is 7.89. The van der Waals surface area contributed by atoms with Crippen LogP contribution in [0.5, 0.6) is 0 Å². The molecule has 2 heterocycles. The van der Waals surface area contributed by atoms with Crippen molar-refractivity contribution >= 4 is 22.4 Å². The lowest BCUT2D eigenvalue weighted by atomic mass is 10.2. The van der Waals surface area contributed by atoms with Crippen LogP contribution in [0.4, 0.5) is 11.5 Å². The fourth-order valence-electron chi connectivity index (χ4n) is 2.88. The predicted molar refractivity (Wildman–Crippen MR) is 99.9 cm³/mol. The second-order valence-electron chi connectivity index (χ2n) is 5.62. The van der Waals surface area contributed by atoms with Crippen LogP contribution >= 0.6 is 0 Å². The summed E-state index contributed by atoms with van der Waals surface area (Å²) in [6, 6.07) is 22.2. The van der Waals surface area contributed by atoms with Gasteiger partial charge in [0.05, 0.1) is 5.39 Å². The fourth-order valence-corrected chi connectivity index (χ4v) is 2.88. The third kappa shape index (κ3) is 2.72. The van der Waals surface area contributed by atoms with Crippen LogP contribution in [0.3, 0.4) is 0 Å². The van der Waals surface area contributed by atoms with E-state index in [9.17, 15) is 9.59 Å². The van der Waals surface area contributed by atoms with Gasteiger partial charge in [0.1, 0.15) is 11.3 Å². The first kappa shape index (κ1) is 15.0. The van der Waals surface area contributed by atoms with Crippen LogP contribution < -0.4 is 16.3 Å². The first-order chi connectivity index (χ1) is 12.2. The van der Waals surface area contributed by atoms with Crippen molar-refractivity contribution < 1.29 is 0 Å². The third-order valence-corrected chi connectivity index (χ3v) is 3.99. The molecule has 0 unspecified atom stereocenters. The van der Waals surface area contributed by atoms with Gasteiger partial charge in [-0.25, -0.2) is 0 Å². The maximum atomic E-state index is 12.5. The SMILES string of the molecule is O=c1cc(Nc2ccccc2)n(-c2ccccc2)c2c(=O)[nH]ccc12. The average Bonchev–Trinajstić information content (AvgIpc) is 2.64. The molecule has 0 fully saturated rings. The number of hydrogen-bond acceptors (Lipinski definition) is 3. The topological polar surface area (TPSA) is 66.9 Å². The van der Waals surface area contributed by atoms with Gasteiger partial charge in [0.15, 0.2) is 5.43 Å². The molecule has 122 valence electrons. The van der Waals surface area contributed by atoms with Crippen molar-refractivity contribution in [1.29, 1.82) is 0 Å². The molecule has 2 N–H and O–H groups in total. The highest BCUT2D eigenvalue weighted by atomic mass is 16.1. The molecule has 25 heavy (non-hydrogen) atoms. The Morgan fingerprint density at radius 2 is 1.52 bits per heavy atom. The number of benzene rings is 2. The third-order valence-electron chi connectivity index (χ3n) is 3.99. The van der Waals surface area contributed by atoms with E-state index >= 15 is 0 Å². The van der Waals surface area contributed by atoms with Gasteiger partial charge in [-0.2, -0.15) is 0 Å². The molecule has 5 heteroatoms. The minimum absolute atomic E-state index is 0.202. The quantitative estimate of drug-likeness (QED) is 0.605. The van der Waals surface area contributed by atoms with Crippen molar-refractivity contribution in [1.82, 2.24) is 9.55 Å². The van der Waals surface area contributed by atoms with E-state index in [2.05, 4.69) is 10.3 Å². The number of hydrogen-bond donors (Lipinski definition) is 2. The molecule has 0 amide bonds. The molecule has 5 nitrogen and oxygen atoms in total. The molecule has 0 atom stereocenters. The molecule has 0 aliphatic rings. The van der Waals surface area contributed by atoms with E-state index in [1.807, 2.05) is 60.7 Å². The number of fused-ring (bicyclic) bond motifs is 1. The molecule has 4 rings (SSSR count). The van der Waals surface area contributed by atoms with Crippen LogP contribution in [0.2, 0.25) is 0 Å². The van der Waals surface area contributed by atoms with E-state index in [1.54, 1.807) is 10.6 Å². The van der Waals surface area contributed by atoms with E-state index in [0.29, 0.717) is 16.7 Å². The molecule has 0 radical (unpaired) electrons. The summed E-state index contributed by atoms with van der Waals surface area (Å²) in [6.45, 7) is 0. The number of para-hydroxylation sites is 2. The van der Waals surface area contributed by atoms with Crippen molar-refractivity contribution in [3.05, 3.63) is 99.6 Å². The van der Waals surface area contributed by atoms with Crippen LogP contribution in [0, 0.1) is 0 Å². The predicted octanol–water partition coefficient (Wildman–Crippen LogP) is 3.42. The van der Waals surface area contributed by atoms with Gasteiger partial charge in [0.25, 0.3) is 5.56 Å². The summed E-state index contributed by atoms with van der Waals surface area (Å²) < 4.78 is 1.77. The first-order valence-electron chi connectivity index (χ1n) is 7.89. The molecule has 0 saturated carbocycles. The van der Waals surface area contributed by atoms with Crippen molar-refractivity contribution in [3.63, 3.8) is 0 Å². The summed E-state index contributed by atoms with van der Waals surface area (Å²) in [7, 11) is 0. The number of pyridine rings is 2. The Morgan fingerprint density at radius 1 is 0.840 bits per heavy atom. The molecule has 2 aromatic carbocycles. The van der Waals surface area contributed by atoms with Crippen LogP contribution in [-0.2, 0) is 0 Å². The summed E-state index contributed by atoms with van der Waals surface area (Å²) in [5, 5.41) is 3.62. The number of H-pyrrole nitrogens is 1. The zero-order valence-corrected chi connectivity index (χ0v) is 13.3. The van der Waals surface area contributed by atoms with E-state index in [4.69, 9.17) is 0 Å². The van der Waals surface area contributed by atoms with Gasteiger partial charge in [0, 0.05) is 23.6 Å². The fraction of sp³-hybridized carbons (Fsp3) is 0. The van der Waals surface area contributed by atoms with Gasteiger partial charge in [0.2, 0.25) is 0 Å². The zero-order valence-electron chi connectivity index (χ0n) is 13.3. The second kappa shape index (κ2) is 6.13.